The molecular formula is C21H23NO5. The molecule has 2 aromatic carbocycles. The highest BCUT2D eigenvalue weighted by atomic mass is 16.5. The first-order valence-corrected chi connectivity index (χ1v) is 8.36. The number of hydrogen-bond acceptors (Lipinski definition) is 5. The quantitative estimate of drug-likeness (QED) is 0.597. The van der Waals surface area contributed by atoms with E-state index in [4.69, 9.17) is 14.2 Å². The normalized spacial score (nSPS) is 10.5. The van der Waals surface area contributed by atoms with Crippen molar-refractivity contribution in [3.05, 3.63) is 59.2 Å². The van der Waals surface area contributed by atoms with Crippen LogP contribution in [-0.4, -0.2) is 32.7 Å². The number of hydrogen-bond donors (Lipinski definition) is 1. The van der Waals surface area contributed by atoms with Crippen molar-refractivity contribution >= 4 is 23.6 Å². The first-order valence-electron chi connectivity index (χ1n) is 8.36. The van der Waals surface area contributed by atoms with Crippen LogP contribution in [-0.2, 0) is 14.3 Å². The van der Waals surface area contributed by atoms with Crippen LogP contribution in [0.15, 0.2) is 42.5 Å². The second-order valence-corrected chi connectivity index (χ2v) is 5.95. The van der Waals surface area contributed by atoms with Gasteiger partial charge in [-0.2, -0.15) is 0 Å². The first kappa shape index (κ1) is 20.0. The number of carbonyl (C=O) groups excluding carboxylic acids is 2. The van der Waals surface area contributed by atoms with Crippen molar-refractivity contribution < 1.29 is 23.8 Å². The summed E-state index contributed by atoms with van der Waals surface area (Å²) in [5, 5.41) is 2.74. The number of ether oxygens (including phenoxy) is 3. The Hall–Kier alpha value is -3.28. The average molecular weight is 369 g/mol. The lowest BCUT2D eigenvalue weighted by atomic mass is 10.1. The summed E-state index contributed by atoms with van der Waals surface area (Å²) in [5.41, 5.74) is 3.38. The molecular weight excluding hydrogens is 346 g/mol. The van der Waals surface area contributed by atoms with Gasteiger partial charge in [0, 0.05) is 17.8 Å². The zero-order valence-corrected chi connectivity index (χ0v) is 15.9. The van der Waals surface area contributed by atoms with Crippen LogP contribution in [0.5, 0.6) is 11.5 Å². The lowest BCUT2D eigenvalue weighted by Gasteiger charge is -2.09. The van der Waals surface area contributed by atoms with E-state index in [1.807, 2.05) is 32.0 Å². The van der Waals surface area contributed by atoms with Crippen molar-refractivity contribution in [2.75, 3.05) is 26.1 Å². The van der Waals surface area contributed by atoms with Crippen LogP contribution < -0.4 is 14.8 Å². The highest BCUT2D eigenvalue weighted by Crippen LogP contribution is 2.23. The van der Waals surface area contributed by atoms with Gasteiger partial charge in [0.05, 0.1) is 14.2 Å². The third-order valence-electron chi connectivity index (χ3n) is 3.80. The minimum Gasteiger partial charge on any atom is -0.497 e. The van der Waals surface area contributed by atoms with Crippen LogP contribution in [0.2, 0.25) is 0 Å². The number of amides is 1. The summed E-state index contributed by atoms with van der Waals surface area (Å²) in [7, 11) is 3.09. The second-order valence-electron chi connectivity index (χ2n) is 5.95. The highest BCUT2D eigenvalue weighted by Gasteiger charge is 2.08. The maximum absolute atomic E-state index is 12.0. The molecule has 0 atom stereocenters. The third-order valence-corrected chi connectivity index (χ3v) is 3.80. The van der Waals surface area contributed by atoms with Crippen molar-refractivity contribution in [2.24, 2.45) is 0 Å². The molecule has 6 nitrogen and oxygen atoms in total. The fourth-order valence-electron chi connectivity index (χ4n) is 2.33. The average Bonchev–Trinajstić information content (AvgIpc) is 2.67. The van der Waals surface area contributed by atoms with Gasteiger partial charge in [-0.15, -0.1) is 0 Å². The van der Waals surface area contributed by atoms with Gasteiger partial charge in [-0.3, -0.25) is 4.79 Å². The standard InChI is InChI=1S/C21H23NO5/c1-14-5-6-15(2)19(9-14)22-20(23)13-27-21(24)8-7-16-10-17(25-3)12-18(11-16)26-4/h5-12H,13H2,1-4H3,(H,22,23)/b8-7+. The molecule has 0 fully saturated rings. The largest absolute Gasteiger partial charge is 0.497 e. The molecule has 0 aliphatic carbocycles. The number of anilines is 1. The predicted molar refractivity (Wildman–Crippen MR) is 104 cm³/mol. The highest BCUT2D eigenvalue weighted by molar-refractivity contribution is 5.95. The van der Waals surface area contributed by atoms with Crippen LogP contribution in [0.25, 0.3) is 6.08 Å². The molecule has 0 aliphatic heterocycles. The number of nitrogens with one attached hydrogen (secondary N) is 1. The van der Waals surface area contributed by atoms with Crippen molar-refractivity contribution in [2.45, 2.75) is 13.8 Å². The van der Waals surface area contributed by atoms with Gasteiger partial charge in [0.15, 0.2) is 6.61 Å². The molecule has 27 heavy (non-hydrogen) atoms. The smallest absolute Gasteiger partial charge is 0.331 e. The maximum Gasteiger partial charge on any atom is 0.331 e. The minimum absolute atomic E-state index is 0.363. The number of methoxy groups -OCH3 is 2. The van der Waals surface area contributed by atoms with E-state index >= 15 is 0 Å². The van der Waals surface area contributed by atoms with Gasteiger partial charge in [-0.05, 0) is 54.8 Å². The molecule has 0 saturated heterocycles. The number of carbonyl (C=O) groups is 2. The fourth-order valence-corrected chi connectivity index (χ4v) is 2.33. The van der Waals surface area contributed by atoms with Crippen molar-refractivity contribution in [1.82, 2.24) is 0 Å². The van der Waals surface area contributed by atoms with Crippen LogP contribution in [0.1, 0.15) is 16.7 Å². The maximum atomic E-state index is 12.0. The Bertz CT molecular complexity index is 835. The summed E-state index contributed by atoms with van der Waals surface area (Å²) in [6.07, 6.45) is 2.81. The molecule has 6 heteroatoms. The van der Waals surface area contributed by atoms with E-state index in [0.29, 0.717) is 22.7 Å². The second kappa shape index (κ2) is 9.43. The van der Waals surface area contributed by atoms with Crippen LogP contribution in [0, 0.1) is 13.8 Å². The number of aryl methyl sites for hydroxylation is 2. The van der Waals surface area contributed by atoms with E-state index in [9.17, 15) is 9.59 Å². The Morgan fingerprint density at radius 1 is 1.00 bits per heavy atom. The number of esters is 1. The molecule has 0 unspecified atom stereocenters. The third kappa shape index (κ3) is 6.18. The Morgan fingerprint density at radius 3 is 2.30 bits per heavy atom. The topological polar surface area (TPSA) is 73.9 Å². The Balaban J connectivity index is 1.91. The van der Waals surface area contributed by atoms with E-state index < -0.39 is 11.9 Å². The Morgan fingerprint density at radius 2 is 1.67 bits per heavy atom. The SMILES string of the molecule is COc1cc(/C=C/C(=O)OCC(=O)Nc2cc(C)ccc2C)cc(OC)c1. The minimum atomic E-state index is -0.618. The molecule has 2 rings (SSSR count). The number of benzene rings is 2. The predicted octanol–water partition coefficient (Wildman–Crippen LogP) is 3.52. The zero-order valence-electron chi connectivity index (χ0n) is 15.9. The van der Waals surface area contributed by atoms with Gasteiger partial charge in [0.2, 0.25) is 0 Å². The molecule has 0 heterocycles. The fraction of sp³-hybridized carbons (Fsp3) is 0.238. The van der Waals surface area contributed by atoms with E-state index in [-0.39, 0.29) is 6.61 Å². The van der Waals surface area contributed by atoms with E-state index in [1.165, 1.54) is 6.08 Å². The molecule has 0 saturated carbocycles. The zero-order chi connectivity index (χ0) is 19.8. The molecule has 142 valence electrons. The summed E-state index contributed by atoms with van der Waals surface area (Å²) in [4.78, 5) is 23.8. The van der Waals surface area contributed by atoms with Gasteiger partial charge in [0.1, 0.15) is 11.5 Å². The summed E-state index contributed by atoms with van der Waals surface area (Å²) in [6.45, 7) is 3.47. The van der Waals surface area contributed by atoms with Crippen LogP contribution in [0.3, 0.4) is 0 Å². The molecule has 0 spiro atoms. The molecule has 0 aliphatic rings. The molecule has 1 N–H and O–H groups in total. The van der Waals surface area contributed by atoms with Crippen LogP contribution >= 0.6 is 0 Å². The van der Waals surface area contributed by atoms with Gasteiger partial charge < -0.3 is 19.5 Å². The summed E-state index contributed by atoms with van der Waals surface area (Å²) in [5.74, 6) is 0.201. The molecule has 0 radical (unpaired) electrons. The van der Waals surface area contributed by atoms with Gasteiger partial charge in [-0.1, -0.05) is 12.1 Å². The number of rotatable bonds is 7. The van der Waals surface area contributed by atoms with Gasteiger partial charge >= 0.3 is 5.97 Å². The van der Waals surface area contributed by atoms with E-state index in [1.54, 1.807) is 38.5 Å². The summed E-state index contributed by atoms with van der Waals surface area (Å²) >= 11 is 0. The Labute approximate surface area is 158 Å². The summed E-state index contributed by atoms with van der Waals surface area (Å²) < 4.78 is 15.3. The Kier molecular flexibility index (Phi) is 7.00. The van der Waals surface area contributed by atoms with Crippen molar-refractivity contribution in [3.63, 3.8) is 0 Å². The molecule has 0 aromatic heterocycles. The first-order chi connectivity index (χ1) is 12.9. The monoisotopic (exact) mass is 369 g/mol. The van der Waals surface area contributed by atoms with Gasteiger partial charge in [0.25, 0.3) is 5.91 Å². The molecule has 2 aromatic rings. The lowest BCUT2D eigenvalue weighted by molar-refractivity contribution is -0.142. The van der Waals surface area contributed by atoms with Crippen molar-refractivity contribution in [1.29, 1.82) is 0 Å². The summed E-state index contributed by atoms with van der Waals surface area (Å²) in [6, 6.07) is 11.0. The van der Waals surface area contributed by atoms with Crippen molar-refractivity contribution in [3.8, 4) is 11.5 Å². The van der Waals surface area contributed by atoms with Gasteiger partial charge in [-0.25, -0.2) is 4.79 Å². The van der Waals surface area contributed by atoms with Crippen LogP contribution in [0.4, 0.5) is 5.69 Å². The lowest BCUT2D eigenvalue weighted by Crippen LogP contribution is -2.20. The van der Waals surface area contributed by atoms with E-state index in [0.717, 1.165) is 11.1 Å². The molecule has 1 amide bonds. The molecule has 0 bridgehead atoms. The van der Waals surface area contributed by atoms with E-state index in [2.05, 4.69) is 5.32 Å².